The van der Waals surface area contributed by atoms with Crippen LogP contribution in [0, 0.1) is 6.92 Å². The van der Waals surface area contributed by atoms with Crippen molar-refractivity contribution in [2.45, 2.75) is 20.0 Å². The molecular formula is C30H27N7. The van der Waals surface area contributed by atoms with Gasteiger partial charge in [-0.1, -0.05) is 54.6 Å². The second-order valence-electron chi connectivity index (χ2n) is 9.29. The summed E-state index contributed by atoms with van der Waals surface area (Å²) in [4.78, 5) is 19.9. The number of H-pyrrole nitrogens is 1. The van der Waals surface area contributed by atoms with E-state index in [-0.39, 0.29) is 0 Å². The molecule has 1 N–H and O–H groups in total. The van der Waals surface area contributed by atoms with Crippen molar-refractivity contribution in [3.63, 3.8) is 0 Å². The van der Waals surface area contributed by atoms with Crippen LogP contribution in [0.25, 0.3) is 39.4 Å². The van der Waals surface area contributed by atoms with Crippen LogP contribution >= 0.6 is 0 Å². The van der Waals surface area contributed by atoms with Gasteiger partial charge in [-0.3, -0.25) is 9.88 Å². The van der Waals surface area contributed by atoms with E-state index in [1.807, 2.05) is 49.5 Å². The van der Waals surface area contributed by atoms with E-state index in [4.69, 9.17) is 9.97 Å². The quantitative estimate of drug-likeness (QED) is 0.310. The number of imidazole rings is 1. The Labute approximate surface area is 215 Å². The molecule has 4 aromatic heterocycles. The van der Waals surface area contributed by atoms with Gasteiger partial charge in [0, 0.05) is 24.0 Å². The molecule has 4 heterocycles. The SMILES string of the molecule is Cc1cccc(-c2[nH]c(CN(C)Cc3cccc(-c4ccccc4)c3)nc2-c2ccc3ncnn3c2)n1. The average Bonchev–Trinajstić information content (AvgIpc) is 3.56. The summed E-state index contributed by atoms with van der Waals surface area (Å²) in [5.41, 5.74) is 9.04. The second-order valence-corrected chi connectivity index (χ2v) is 9.29. The first-order valence-corrected chi connectivity index (χ1v) is 12.3. The summed E-state index contributed by atoms with van der Waals surface area (Å²) in [5, 5.41) is 4.30. The molecule has 0 spiro atoms. The molecule has 0 fully saturated rings. The van der Waals surface area contributed by atoms with Crippen LogP contribution in [0.3, 0.4) is 0 Å². The summed E-state index contributed by atoms with van der Waals surface area (Å²) in [5.74, 6) is 0.883. The maximum absolute atomic E-state index is 5.03. The van der Waals surface area contributed by atoms with Gasteiger partial charge in [0.1, 0.15) is 12.2 Å². The van der Waals surface area contributed by atoms with E-state index >= 15 is 0 Å². The van der Waals surface area contributed by atoms with Crippen molar-refractivity contribution in [2.24, 2.45) is 0 Å². The van der Waals surface area contributed by atoms with Gasteiger partial charge in [-0.05, 0) is 61.0 Å². The van der Waals surface area contributed by atoms with E-state index in [0.29, 0.717) is 6.54 Å². The predicted molar refractivity (Wildman–Crippen MR) is 146 cm³/mol. The van der Waals surface area contributed by atoms with Gasteiger partial charge in [0.2, 0.25) is 0 Å². The monoisotopic (exact) mass is 485 g/mol. The fourth-order valence-electron chi connectivity index (χ4n) is 4.63. The number of nitrogens with zero attached hydrogens (tertiary/aromatic N) is 6. The van der Waals surface area contributed by atoms with E-state index in [2.05, 4.69) is 75.5 Å². The van der Waals surface area contributed by atoms with Crippen LogP contribution in [0.4, 0.5) is 0 Å². The van der Waals surface area contributed by atoms with E-state index < -0.39 is 0 Å². The van der Waals surface area contributed by atoms with Crippen molar-refractivity contribution in [3.05, 3.63) is 115 Å². The molecule has 2 aromatic carbocycles. The van der Waals surface area contributed by atoms with E-state index in [9.17, 15) is 0 Å². The zero-order valence-corrected chi connectivity index (χ0v) is 20.8. The number of fused-ring (bicyclic) bond motifs is 1. The number of aryl methyl sites for hydroxylation is 1. The van der Waals surface area contributed by atoms with Crippen LogP contribution in [0.1, 0.15) is 17.1 Å². The first kappa shape index (κ1) is 22.8. The van der Waals surface area contributed by atoms with Crippen LogP contribution in [0.5, 0.6) is 0 Å². The summed E-state index contributed by atoms with van der Waals surface area (Å²) in [6.07, 6.45) is 3.51. The lowest BCUT2D eigenvalue weighted by Gasteiger charge is -2.16. The minimum atomic E-state index is 0.667. The van der Waals surface area contributed by atoms with Crippen molar-refractivity contribution in [2.75, 3.05) is 7.05 Å². The van der Waals surface area contributed by atoms with Crippen molar-refractivity contribution in [1.82, 2.24) is 34.4 Å². The Kier molecular flexibility index (Phi) is 6.04. The van der Waals surface area contributed by atoms with Crippen LogP contribution < -0.4 is 0 Å². The van der Waals surface area contributed by atoms with Crippen molar-refractivity contribution < 1.29 is 0 Å². The highest BCUT2D eigenvalue weighted by Crippen LogP contribution is 2.30. The van der Waals surface area contributed by atoms with Gasteiger partial charge >= 0.3 is 0 Å². The topological polar surface area (TPSA) is 75.0 Å². The van der Waals surface area contributed by atoms with Gasteiger partial charge in [-0.25, -0.2) is 14.5 Å². The Morgan fingerprint density at radius 3 is 2.51 bits per heavy atom. The standard InChI is InChI=1S/C30H27N7/c1-21-8-6-13-26(33-21)30-29(25-14-15-28-31-20-32-37(28)18-25)34-27(35-30)19-36(2)17-22-9-7-12-24(16-22)23-10-4-3-5-11-23/h3-16,18,20H,17,19H2,1-2H3,(H,34,35). The third kappa shape index (κ3) is 4.90. The Balaban J connectivity index is 1.29. The second kappa shape index (κ2) is 9.79. The molecule has 0 aliphatic heterocycles. The molecule has 0 aliphatic rings. The Morgan fingerprint density at radius 2 is 1.65 bits per heavy atom. The van der Waals surface area contributed by atoms with Crippen molar-refractivity contribution in [3.8, 4) is 33.8 Å². The molecule has 7 nitrogen and oxygen atoms in total. The van der Waals surface area contributed by atoms with Crippen molar-refractivity contribution in [1.29, 1.82) is 0 Å². The third-order valence-corrected chi connectivity index (χ3v) is 6.35. The highest BCUT2D eigenvalue weighted by Gasteiger charge is 2.17. The third-order valence-electron chi connectivity index (χ3n) is 6.35. The Morgan fingerprint density at radius 1 is 0.811 bits per heavy atom. The smallest absolute Gasteiger partial charge is 0.155 e. The first-order valence-electron chi connectivity index (χ1n) is 12.3. The van der Waals surface area contributed by atoms with Crippen LogP contribution in [0.15, 0.2) is 97.5 Å². The molecule has 0 radical (unpaired) electrons. The molecule has 0 saturated carbocycles. The zero-order chi connectivity index (χ0) is 25.2. The van der Waals surface area contributed by atoms with Crippen molar-refractivity contribution >= 4 is 5.65 Å². The summed E-state index contributed by atoms with van der Waals surface area (Å²) < 4.78 is 1.77. The molecule has 0 bridgehead atoms. The average molecular weight is 486 g/mol. The maximum atomic E-state index is 5.03. The van der Waals surface area contributed by atoms with E-state index in [1.54, 1.807) is 10.8 Å². The van der Waals surface area contributed by atoms with Gasteiger partial charge in [0.15, 0.2) is 5.65 Å². The molecular weight excluding hydrogens is 458 g/mol. The normalized spacial score (nSPS) is 11.4. The Bertz CT molecular complexity index is 1670. The van der Waals surface area contributed by atoms with Gasteiger partial charge < -0.3 is 4.98 Å². The summed E-state index contributed by atoms with van der Waals surface area (Å²) in [6, 6.07) is 29.2. The number of hydrogen-bond acceptors (Lipinski definition) is 5. The number of pyridine rings is 2. The Hall–Kier alpha value is -4.62. The summed E-state index contributed by atoms with van der Waals surface area (Å²) >= 11 is 0. The lowest BCUT2D eigenvalue weighted by Crippen LogP contribution is -2.18. The number of nitrogens with one attached hydrogen (secondary N) is 1. The molecule has 0 atom stereocenters. The highest BCUT2D eigenvalue weighted by atomic mass is 15.3. The number of aromatic amines is 1. The van der Waals surface area contributed by atoms with Crippen LogP contribution in [-0.4, -0.2) is 41.5 Å². The molecule has 6 rings (SSSR count). The van der Waals surface area contributed by atoms with Gasteiger partial charge in [-0.15, -0.1) is 0 Å². The van der Waals surface area contributed by atoms with Gasteiger partial charge in [0.05, 0.1) is 23.6 Å². The first-order chi connectivity index (χ1) is 18.1. The molecule has 0 unspecified atom stereocenters. The largest absolute Gasteiger partial charge is 0.339 e. The molecule has 0 aliphatic carbocycles. The maximum Gasteiger partial charge on any atom is 0.155 e. The van der Waals surface area contributed by atoms with Crippen LogP contribution in [-0.2, 0) is 13.1 Å². The van der Waals surface area contributed by atoms with E-state index in [1.165, 1.54) is 16.7 Å². The fourth-order valence-corrected chi connectivity index (χ4v) is 4.63. The lowest BCUT2D eigenvalue weighted by molar-refractivity contribution is 0.312. The van der Waals surface area contributed by atoms with E-state index in [0.717, 1.165) is 46.4 Å². The summed E-state index contributed by atoms with van der Waals surface area (Å²) in [6.45, 7) is 3.47. The molecule has 7 heteroatoms. The molecule has 0 amide bonds. The van der Waals surface area contributed by atoms with Gasteiger partial charge in [-0.2, -0.15) is 5.10 Å². The molecule has 182 valence electrons. The minimum absolute atomic E-state index is 0.667. The fraction of sp³-hybridized carbons (Fsp3) is 0.133. The zero-order valence-electron chi connectivity index (χ0n) is 20.8. The molecule has 37 heavy (non-hydrogen) atoms. The minimum Gasteiger partial charge on any atom is -0.339 e. The number of hydrogen-bond donors (Lipinski definition) is 1. The number of aromatic nitrogens is 6. The lowest BCUT2D eigenvalue weighted by atomic mass is 10.0. The molecule has 0 saturated heterocycles. The van der Waals surface area contributed by atoms with Crippen LogP contribution in [0.2, 0.25) is 0 Å². The molecule has 6 aromatic rings. The predicted octanol–water partition coefficient (Wildman–Crippen LogP) is 5.79. The number of benzene rings is 2. The summed E-state index contributed by atoms with van der Waals surface area (Å²) in [7, 11) is 2.11. The highest BCUT2D eigenvalue weighted by molar-refractivity contribution is 5.77. The number of rotatable bonds is 7. The van der Waals surface area contributed by atoms with Gasteiger partial charge in [0.25, 0.3) is 0 Å².